The summed E-state index contributed by atoms with van der Waals surface area (Å²) in [5, 5.41) is 0.612. The highest BCUT2D eigenvalue weighted by atomic mass is 35.5. The molecule has 1 amide bonds. The number of rotatable bonds is 4. The Hall–Kier alpha value is -1.91. The average Bonchev–Trinajstić information content (AvgIpc) is 2.92. The molecule has 0 fully saturated rings. The molecule has 3 aromatic rings. The highest BCUT2D eigenvalue weighted by molar-refractivity contribution is 7.16. The molecular weight excluding hydrogens is 352 g/mol. The van der Waals surface area contributed by atoms with Gasteiger partial charge in [-0.05, 0) is 54.3 Å². The molecule has 0 aliphatic carbocycles. The molecule has 3 nitrogen and oxygen atoms in total. The molecular formula is C20H21ClN2OS. The minimum atomic E-state index is -0.239. The van der Waals surface area contributed by atoms with Crippen LogP contribution in [0.5, 0.6) is 0 Å². The van der Waals surface area contributed by atoms with Gasteiger partial charge < -0.3 is 4.57 Å². The summed E-state index contributed by atoms with van der Waals surface area (Å²) in [5.74, 6) is 0.236. The Morgan fingerprint density at radius 1 is 1.20 bits per heavy atom. The molecule has 0 spiro atoms. The number of aromatic nitrogens is 1. The van der Waals surface area contributed by atoms with Crippen molar-refractivity contribution in [2.75, 3.05) is 0 Å². The van der Waals surface area contributed by atoms with Gasteiger partial charge in [-0.3, -0.25) is 4.79 Å². The summed E-state index contributed by atoms with van der Waals surface area (Å²) in [6.45, 7) is 7.34. The zero-order valence-electron chi connectivity index (χ0n) is 14.6. The van der Waals surface area contributed by atoms with Gasteiger partial charge in [0.25, 0.3) is 5.91 Å². The Bertz CT molecular complexity index is 968. The lowest BCUT2D eigenvalue weighted by Gasteiger charge is -2.06. The van der Waals surface area contributed by atoms with E-state index >= 15 is 0 Å². The van der Waals surface area contributed by atoms with Crippen LogP contribution in [0.2, 0.25) is 5.02 Å². The Kier molecular flexibility index (Phi) is 5.40. The van der Waals surface area contributed by atoms with Gasteiger partial charge in [-0.15, -0.1) is 0 Å². The minimum absolute atomic E-state index is 0.239. The number of hydrogen-bond donors (Lipinski definition) is 0. The van der Waals surface area contributed by atoms with Crippen LogP contribution < -0.4 is 4.80 Å². The molecule has 0 radical (unpaired) electrons. The minimum Gasteiger partial charge on any atom is -0.316 e. The van der Waals surface area contributed by atoms with Gasteiger partial charge in [0.2, 0.25) is 0 Å². The SMILES string of the molecule is CCCn1c(=NC(=O)c2ccc(Cl)cc2)sc2cc(C(C)C)ccc21. The van der Waals surface area contributed by atoms with Gasteiger partial charge in [0.1, 0.15) is 0 Å². The quantitative estimate of drug-likeness (QED) is 0.584. The molecule has 0 unspecified atom stereocenters. The number of benzene rings is 2. The Morgan fingerprint density at radius 2 is 1.92 bits per heavy atom. The molecule has 0 aliphatic rings. The number of hydrogen-bond acceptors (Lipinski definition) is 2. The fourth-order valence-electron chi connectivity index (χ4n) is 2.72. The normalized spacial score (nSPS) is 12.3. The first-order chi connectivity index (χ1) is 12.0. The van der Waals surface area contributed by atoms with Gasteiger partial charge in [-0.25, -0.2) is 0 Å². The molecule has 2 aromatic carbocycles. The van der Waals surface area contributed by atoms with E-state index in [-0.39, 0.29) is 5.91 Å². The van der Waals surface area contributed by atoms with Gasteiger partial charge >= 0.3 is 0 Å². The summed E-state index contributed by atoms with van der Waals surface area (Å²) < 4.78 is 3.31. The van der Waals surface area contributed by atoms with Gasteiger partial charge in [0.05, 0.1) is 10.2 Å². The van der Waals surface area contributed by atoms with Crippen molar-refractivity contribution in [1.82, 2.24) is 4.57 Å². The van der Waals surface area contributed by atoms with E-state index in [4.69, 9.17) is 11.6 Å². The van der Waals surface area contributed by atoms with Gasteiger partial charge in [0, 0.05) is 17.1 Å². The van der Waals surface area contributed by atoms with E-state index < -0.39 is 0 Å². The number of carbonyl (C=O) groups is 1. The van der Waals surface area contributed by atoms with E-state index in [1.54, 1.807) is 35.6 Å². The van der Waals surface area contributed by atoms with Crippen molar-refractivity contribution in [2.45, 2.75) is 39.7 Å². The van der Waals surface area contributed by atoms with Crippen LogP contribution in [0.1, 0.15) is 49.0 Å². The van der Waals surface area contributed by atoms with Crippen LogP contribution in [0.4, 0.5) is 0 Å². The topological polar surface area (TPSA) is 34.4 Å². The van der Waals surface area contributed by atoms with Crippen LogP contribution in [0.15, 0.2) is 47.5 Å². The first-order valence-electron chi connectivity index (χ1n) is 8.47. The largest absolute Gasteiger partial charge is 0.316 e. The summed E-state index contributed by atoms with van der Waals surface area (Å²) in [4.78, 5) is 17.7. The van der Waals surface area contributed by atoms with E-state index in [1.165, 1.54) is 10.3 Å². The summed E-state index contributed by atoms with van der Waals surface area (Å²) in [5.41, 5.74) is 2.99. The lowest BCUT2D eigenvalue weighted by molar-refractivity contribution is 0.0998. The second-order valence-electron chi connectivity index (χ2n) is 6.34. The van der Waals surface area contributed by atoms with Crippen LogP contribution >= 0.6 is 22.9 Å². The maximum atomic E-state index is 12.5. The van der Waals surface area contributed by atoms with E-state index in [0.29, 0.717) is 16.5 Å². The first kappa shape index (κ1) is 17.9. The number of halogens is 1. The third kappa shape index (κ3) is 3.86. The fourth-order valence-corrected chi connectivity index (χ4v) is 3.95. The molecule has 25 heavy (non-hydrogen) atoms. The van der Waals surface area contributed by atoms with Crippen LogP contribution in [-0.2, 0) is 6.54 Å². The van der Waals surface area contributed by atoms with Crippen molar-refractivity contribution >= 4 is 39.1 Å². The standard InChI is InChI=1S/C20H21ClN2OS/c1-4-11-23-17-10-7-15(13(2)3)12-18(17)25-20(23)22-19(24)14-5-8-16(21)9-6-14/h5-10,12-13H,4,11H2,1-3H3. The highest BCUT2D eigenvalue weighted by Gasteiger charge is 2.10. The number of fused-ring (bicyclic) bond motifs is 1. The van der Waals surface area contributed by atoms with Crippen molar-refractivity contribution < 1.29 is 4.79 Å². The molecule has 1 aromatic heterocycles. The number of amides is 1. The highest BCUT2D eigenvalue weighted by Crippen LogP contribution is 2.24. The van der Waals surface area contributed by atoms with E-state index in [1.807, 2.05) is 0 Å². The molecule has 0 saturated carbocycles. The molecule has 0 N–H and O–H groups in total. The summed E-state index contributed by atoms with van der Waals surface area (Å²) >= 11 is 7.46. The number of nitrogens with zero attached hydrogens (tertiary/aromatic N) is 2. The Morgan fingerprint density at radius 3 is 2.56 bits per heavy atom. The molecule has 3 rings (SSSR count). The molecule has 5 heteroatoms. The van der Waals surface area contributed by atoms with Crippen molar-refractivity contribution in [1.29, 1.82) is 0 Å². The molecule has 130 valence electrons. The summed E-state index contributed by atoms with van der Waals surface area (Å²) in [6.07, 6.45) is 0.986. The third-order valence-corrected chi connectivity index (χ3v) is 5.40. The molecule has 0 bridgehead atoms. The number of aryl methyl sites for hydroxylation is 1. The van der Waals surface area contributed by atoms with E-state index in [2.05, 4.69) is 48.5 Å². The zero-order valence-corrected chi connectivity index (χ0v) is 16.2. The number of thiazole rings is 1. The zero-order chi connectivity index (χ0) is 18.0. The predicted molar refractivity (Wildman–Crippen MR) is 106 cm³/mol. The monoisotopic (exact) mass is 372 g/mol. The summed E-state index contributed by atoms with van der Waals surface area (Å²) in [7, 11) is 0. The molecule has 1 heterocycles. The van der Waals surface area contributed by atoms with Crippen LogP contribution in [-0.4, -0.2) is 10.5 Å². The average molecular weight is 373 g/mol. The maximum absolute atomic E-state index is 12.5. The third-order valence-electron chi connectivity index (χ3n) is 4.11. The van der Waals surface area contributed by atoms with Crippen molar-refractivity contribution in [2.24, 2.45) is 4.99 Å². The number of carbonyl (C=O) groups excluding carboxylic acids is 1. The van der Waals surface area contributed by atoms with Gasteiger partial charge in [-0.2, -0.15) is 4.99 Å². The van der Waals surface area contributed by atoms with Crippen molar-refractivity contribution in [3.05, 3.63) is 63.4 Å². The first-order valence-corrected chi connectivity index (χ1v) is 9.67. The lowest BCUT2D eigenvalue weighted by Crippen LogP contribution is -2.16. The Balaban J connectivity index is 2.11. The second-order valence-corrected chi connectivity index (χ2v) is 7.79. The second kappa shape index (κ2) is 7.54. The van der Waals surface area contributed by atoms with Crippen LogP contribution in [0.25, 0.3) is 10.2 Å². The van der Waals surface area contributed by atoms with Crippen LogP contribution in [0.3, 0.4) is 0 Å². The molecule has 0 atom stereocenters. The lowest BCUT2D eigenvalue weighted by atomic mass is 10.0. The fraction of sp³-hybridized carbons (Fsp3) is 0.300. The van der Waals surface area contributed by atoms with Crippen molar-refractivity contribution in [3.63, 3.8) is 0 Å². The van der Waals surface area contributed by atoms with E-state index in [9.17, 15) is 4.79 Å². The Labute approximate surface area is 156 Å². The molecule has 0 aliphatic heterocycles. The van der Waals surface area contributed by atoms with E-state index in [0.717, 1.165) is 23.3 Å². The smallest absolute Gasteiger partial charge is 0.279 e. The predicted octanol–water partition coefficient (Wildman–Crippen LogP) is 5.63. The maximum Gasteiger partial charge on any atom is 0.279 e. The van der Waals surface area contributed by atoms with Gasteiger partial charge in [0.15, 0.2) is 4.80 Å². The van der Waals surface area contributed by atoms with Gasteiger partial charge in [-0.1, -0.05) is 49.8 Å². The van der Waals surface area contributed by atoms with Crippen LogP contribution in [0, 0.1) is 0 Å². The summed E-state index contributed by atoms with van der Waals surface area (Å²) in [6, 6.07) is 13.4. The van der Waals surface area contributed by atoms with Crippen molar-refractivity contribution in [3.8, 4) is 0 Å². The molecule has 0 saturated heterocycles.